The summed E-state index contributed by atoms with van der Waals surface area (Å²) < 4.78 is 19.5. The van der Waals surface area contributed by atoms with E-state index in [1.54, 1.807) is 6.07 Å². The number of amides is 3. The Morgan fingerprint density at radius 3 is 2.30 bits per heavy atom. The second-order valence-electron chi connectivity index (χ2n) is 8.95. The minimum atomic E-state index is -2.00. The number of hydrogen-bond acceptors (Lipinski definition) is 4. The number of carbonyl (C=O) groups excluding carboxylic acids is 3. The maximum absolute atomic E-state index is 13.5. The lowest BCUT2D eigenvalue weighted by Crippen LogP contribution is -2.54. The molecule has 0 unspecified atom stereocenters. The van der Waals surface area contributed by atoms with E-state index in [-0.39, 0.29) is 24.5 Å². The quantitative estimate of drug-likeness (QED) is 0.486. The highest BCUT2D eigenvalue weighted by atomic mass is 28.4. The van der Waals surface area contributed by atoms with Gasteiger partial charge < -0.3 is 20.8 Å². The predicted molar refractivity (Wildman–Crippen MR) is 117 cm³/mol. The summed E-state index contributed by atoms with van der Waals surface area (Å²) in [6.45, 7) is 12.1. The SMILES string of the molecule is CC(=O)N[C@@H](Cc1cccc(F)c1)C(=O)N[C@H](CCO[Si](C)(C)C(C)(C)C)C(N)=O. The highest BCUT2D eigenvalue weighted by molar-refractivity contribution is 6.74. The lowest BCUT2D eigenvalue weighted by molar-refractivity contribution is -0.131. The predicted octanol–water partition coefficient (Wildman–Crippen LogP) is 2.25. The second kappa shape index (κ2) is 10.7. The molecule has 0 heterocycles. The number of nitrogens with two attached hydrogens (primary N) is 1. The molecule has 3 amide bonds. The molecule has 0 fully saturated rings. The molecule has 0 aliphatic carbocycles. The zero-order chi connectivity index (χ0) is 23.1. The van der Waals surface area contributed by atoms with Crippen LogP contribution < -0.4 is 16.4 Å². The summed E-state index contributed by atoms with van der Waals surface area (Å²) in [5.74, 6) is -2.10. The van der Waals surface area contributed by atoms with Gasteiger partial charge in [-0.25, -0.2) is 4.39 Å². The zero-order valence-corrected chi connectivity index (χ0v) is 19.7. The number of nitrogens with one attached hydrogen (secondary N) is 2. The first-order valence-corrected chi connectivity index (χ1v) is 12.9. The second-order valence-corrected chi connectivity index (χ2v) is 13.8. The van der Waals surface area contributed by atoms with Crippen molar-refractivity contribution in [3.63, 3.8) is 0 Å². The van der Waals surface area contributed by atoms with Crippen LogP contribution in [-0.4, -0.2) is 44.7 Å². The van der Waals surface area contributed by atoms with E-state index in [1.165, 1.54) is 25.1 Å². The molecule has 0 aliphatic rings. The van der Waals surface area contributed by atoms with Crippen molar-refractivity contribution in [2.75, 3.05) is 6.61 Å². The maximum atomic E-state index is 13.5. The molecule has 0 saturated heterocycles. The maximum Gasteiger partial charge on any atom is 0.243 e. The first-order valence-electron chi connectivity index (χ1n) is 9.98. The van der Waals surface area contributed by atoms with Crippen molar-refractivity contribution in [3.8, 4) is 0 Å². The molecule has 1 aromatic carbocycles. The Hall–Kier alpha value is -2.26. The number of hydrogen-bond donors (Lipinski definition) is 3. The highest BCUT2D eigenvalue weighted by Gasteiger charge is 2.37. The van der Waals surface area contributed by atoms with Crippen LogP contribution in [0.1, 0.15) is 39.7 Å². The molecule has 2 atom stereocenters. The van der Waals surface area contributed by atoms with Crippen molar-refractivity contribution in [3.05, 3.63) is 35.6 Å². The topological polar surface area (TPSA) is 111 Å². The van der Waals surface area contributed by atoms with Crippen molar-refractivity contribution in [1.82, 2.24) is 10.6 Å². The molecule has 168 valence electrons. The summed E-state index contributed by atoms with van der Waals surface area (Å²) in [4.78, 5) is 36.1. The molecule has 0 radical (unpaired) electrons. The lowest BCUT2D eigenvalue weighted by atomic mass is 10.0. The van der Waals surface area contributed by atoms with Gasteiger partial charge in [-0.1, -0.05) is 32.9 Å². The van der Waals surface area contributed by atoms with E-state index in [1.807, 2.05) is 0 Å². The summed E-state index contributed by atoms with van der Waals surface area (Å²) in [5.41, 5.74) is 6.00. The molecule has 0 saturated carbocycles. The van der Waals surface area contributed by atoms with Crippen LogP contribution in [0, 0.1) is 5.82 Å². The number of halogens is 1. The largest absolute Gasteiger partial charge is 0.417 e. The summed E-state index contributed by atoms with van der Waals surface area (Å²) in [6, 6.07) is 3.86. The fraction of sp³-hybridized carbons (Fsp3) is 0.571. The van der Waals surface area contributed by atoms with Gasteiger partial charge in [0.1, 0.15) is 17.9 Å². The van der Waals surface area contributed by atoms with Crippen LogP contribution in [0.15, 0.2) is 24.3 Å². The molecule has 9 heteroatoms. The Bertz CT molecular complexity index is 765. The number of primary amides is 1. The summed E-state index contributed by atoms with van der Waals surface area (Å²) in [6.07, 6.45) is 0.301. The van der Waals surface area contributed by atoms with Gasteiger partial charge in [-0.3, -0.25) is 14.4 Å². The summed E-state index contributed by atoms with van der Waals surface area (Å²) >= 11 is 0. The molecular formula is C21H34FN3O4Si. The molecular weight excluding hydrogens is 405 g/mol. The van der Waals surface area contributed by atoms with Crippen LogP contribution in [0.5, 0.6) is 0 Å². The van der Waals surface area contributed by atoms with Gasteiger partial charge in [0.25, 0.3) is 0 Å². The summed E-state index contributed by atoms with van der Waals surface area (Å²) in [7, 11) is -2.00. The van der Waals surface area contributed by atoms with Crippen LogP contribution in [0.4, 0.5) is 4.39 Å². The monoisotopic (exact) mass is 439 g/mol. The number of rotatable bonds is 10. The average Bonchev–Trinajstić information content (AvgIpc) is 2.58. The van der Waals surface area contributed by atoms with Gasteiger partial charge in [0.05, 0.1) is 0 Å². The average molecular weight is 440 g/mol. The zero-order valence-electron chi connectivity index (χ0n) is 18.7. The van der Waals surface area contributed by atoms with Crippen molar-refractivity contribution >= 4 is 26.0 Å². The van der Waals surface area contributed by atoms with Crippen molar-refractivity contribution in [1.29, 1.82) is 0 Å². The third-order valence-corrected chi connectivity index (χ3v) is 9.90. The minimum absolute atomic E-state index is 0.0138. The van der Waals surface area contributed by atoms with Crippen molar-refractivity contribution < 1.29 is 23.2 Å². The molecule has 0 aliphatic heterocycles. The minimum Gasteiger partial charge on any atom is -0.417 e. The van der Waals surface area contributed by atoms with E-state index in [0.29, 0.717) is 5.56 Å². The van der Waals surface area contributed by atoms with Gasteiger partial charge >= 0.3 is 0 Å². The number of carbonyl (C=O) groups is 3. The van der Waals surface area contributed by atoms with Crippen LogP contribution >= 0.6 is 0 Å². The van der Waals surface area contributed by atoms with E-state index in [2.05, 4.69) is 44.5 Å². The molecule has 0 aromatic heterocycles. The molecule has 4 N–H and O–H groups in total. The molecule has 1 rings (SSSR count). The Balaban J connectivity index is 2.81. The normalized spacial score (nSPS) is 14.0. The lowest BCUT2D eigenvalue weighted by Gasteiger charge is -2.36. The molecule has 30 heavy (non-hydrogen) atoms. The Labute approximate surface area is 179 Å². The fourth-order valence-corrected chi connectivity index (χ4v) is 3.62. The fourth-order valence-electron chi connectivity index (χ4n) is 2.56. The van der Waals surface area contributed by atoms with E-state index < -0.39 is 43.9 Å². The van der Waals surface area contributed by atoms with Crippen LogP contribution in [0.2, 0.25) is 18.1 Å². The van der Waals surface area contributed by atoms with E-state index in [9.17, 15) is 18.8 Å². The van der Waals surface area contributed by atoms with Gasteiger partial charge in [0, 0.05) is 20.0 Å². The van der Waals surface area contributed by atoms with Gasteiger partial charge in [-0.15, -0.1) is 0 Å². The van der Waals surface area contributed by atoms with E-state index in [4.69, 9.17) is 10.2 Å². The van der Waals surface area contributed by atoms with E-state index in [0.717, 1.165) is 0 Å². The van der Waals surface area contributed by atoms with E-state index >= 15 is 0 Å². The van der Waals surface area contributed by atoms with Crippen molar-refractivity contribution in [2.24, 2.45) is 5.73 Å². The third kappa shape index (κ3) is 8.23. The third-order valence-electron chi connectivity index (χ3n) is 5.36. The van der Waals surface area contributed by atoms with Crippen LogP contribution in [-0.2, 0) is 25.2 Å². The standard InChI is InChI=1S/C21H34FN3O4Si/c1-14(26)24-18(13-15-8-7-9-16(22)12-15)20(28)25-17(19(23)27)10-11-29-30(5,6)21(2,3)4/h7-9,12,17-18H,10-11,13H2,1-6H3,(H2,23,27)(H,24,26)(H,25,28)/t17-,18+/m1/s1. The molecule has 0 spiro atoms. The first-order chi connectivity index (χ1) is 13.7. The smallest absolute Gasteiger partial charge is 0.243 e. The van der Waals surface area contributed by atoms with Gasteiger partial charge in [0.15, 0.2) is 8.32 Å². The van der Waals surface area contributed by atoms with Crippen LogP contribution in [0.3, 0.4) is 0 Å². The van der Waals surface area contributed by atoms with Gasteiger partial charge in [-0.05, 0) is 42.2 Å². The molecule has 7 nitrogen and oxygen atoms in total. The van der Waals surface area contributed by atoms with Gasteiger partial charge in [-0.2, -0.15) is 0 Å². The molecule has 0 bridgehead atoms. The highest BCUT2D eigenvalue weighted by Crippen LogP contribution is 2.36. The summed E-state index contributed by atoms with van der Waals surface area (Å²) in [5, 5.41) is 5.15. The molecule has 1 aromatic rings. The Kier molecular flexibility index (Phi) is 9.17. The van der Waals surface area contributed by atoms with Crippen LogP contribution in [0.25, 0.3) is 0 Å². The van der Waals surface area contributed by atoms with Gasteiger partial charge in [0.2, 0.25) is 17.7 Å². The Morgan fingerprint density at radius 1 is 1.17 bits per heavy atom. The first kappa shape index (κ1) is 25.8. The number of benzene rings is 1. The van der Waals surface area contributed by atoms with Crippen molar-refractivity contribution in [2.45, 2.75) is 70.8 Å². The Morgan fingerprint density at radius 2 is 1.80 bits per heavy atom.